The molecule has 2 amide bonds. The molecule has 0 bridgehead atoms. The predicted octanol–water partition coefficient (Wildman–Crippen LogP) is 0.662. The number of carbonyl (C=O) groups excluding carboxylic acids is 2. The third kappa shape index (κ3) is 4.04. The van der Waals surface area contributed by atoms with Crippen molar-refractivity contribution < 1.29 is 14.0 Å². The summed E-state index contributed by atoms with van der Waals surface area (Å²) in [6, 6.07) is 3.48. The van der Waals surface area contributed by atoms with Gasteiger partial charge in [-0.3, -0.25) is 9.59 Å². The van der Waals surface area contributed by atoms with Gasteiger partial charge in [-0.05, 0) is 32.0 Å². The Morgan fingerprint density at radius 2 is 2.06 bits per heavy atom. The fraction of sp³-hybridized carbons (Fsp3) is 0.333. The van der Waals surface area contributed by atoms with Crippen LogP contribution < -0.4 is 16.4 Å². The molecule has 0 atom stereocenters. The molecule has 6 heteroatoms. The number of nitrogens with one attached hydrogen (secondary N) is 2. The maximum absolute atomic E-state index is 12.8. The summed E-state index contributed by atoms with van der Waals surface area (Å²) in [6.45, 7) is 3.49. The van der Waals surface area contributed by atoms with Gasteiger partial charge >= 0.3 is 0 Å². The van der Waals surface area contributed by atoms with Crippen molar-refractivity contribution in [2.45, 2.75) is 19.9 Å². The molecule has 1 rings (SSSR count). The van der Waals surface area contributed by atoms with Crippen molar-refractivity contribution >= 4 is 17.5 Å². The molecule has 0 aliphatic carbocycles. The molecular formula is C12H16FN3O2. The summed E-state index contributed by atoms with van der Waals surface area (Å²) in [5.41, 5.74) is 5.69. The second kappa shape index (κ2) is 6.00. The van der Waals surface area contributed by atoms with Crippen LogP contribution >= 0.6 is 0 Å². The van der Waals surface area contributed by atoms with Crippen molar-refractivity contribution in [3.05, 3.63) is 29.6 Å². The molecule has 5 nitrogen and oxygen atoms in total. The number of amides is 2. The molecule has 18 heavy (non-hydrogen) atoms. The van der Waals surface area contributed by atoms with Crippen molar-refractivity contribution in [3.63, 3.8) is 0 Å². The predicted molar refractivity (Wildman–Crippen MR) is 66.4 cm³/mol. The van der Waals surface area contributed by atoms with Crippen LogP contribution in [0, 0.1) is 5.82 Å². The van der Waals surface area contributed by atoms with Gasteiger partial charge in [0.25, 0.3) is 5.91 Å². The highest BCUT2D eigenvalue weighted by molar-refractivity contribution is 6.00. The lowest BCUT2D eigenvalue weighted by Gasteiger charge is -2.10. The number of benzene rings is 1. The minimum atomic E-state index is -0.512. The topological polar surface area (TPSA) is 84.2 Å². The average Bonchev–Trinajstić information content (AvgIpc) is 2.25. The molecule has 0 heterocycles. The minimum absolute atomic E-state index is 0.00490. The number of halogens is 1. The molecule has 98 valence electrons. The molecule has 0 aliphatic rings. The number of hydrogen-bond donors (Lipinski definition) is 3. The smallest absolute Gasteiger partial charge is 0.253 e. The maximum atomic E-state index is 12.8. The summed E-state index contributed by atoms with van der Waals surface area (Å²) in [7, 11) is 0. The fourth-order valence-electron chi connectivity index (χ4n) is 1.37. The van der Waals surface area contributed by atoms with Gasteiger partial charge in [-0.15, -0.1) is 0 Å². The second-order valence-electron chi connectivity index (χ2n) is 4.14. The molecule has 0 spiro atoms. The van der Waals surface area contributed by atoms with Crippen LogP contribution in [0.1, 0.15) is 24.2 Å². The molecule has 0 fully saturated rings. The number of anilines is 1. The van der Waals surface area contributed by atoms with E-state index in [1.807, 2.05) is 13.8 Å². The van der Waals surface area contributed by atoms with Gasteiger partial charge in [0.05, 0.1) is 12.1 Å². The Balaban J connectivity index is 2.58. The number of nitrogen functional groups attached to an aromatic ring is 1. The first-order chi connectivity index (χ1) is 8.40. The van der Waals surface area contributed by atoms with E-state index < -0.39 is 11.7 Å². The summed E-state index contributed by atoms with van der Waals surface area (Å²) in [6.07, 6.45) is 0. The largest absolute Gasteiger partial charge is 0.398 e. The number of rotatable bonds is 4. The van der Waals surface area contributed by atoms with E-state index in [-0.39, 0.29) is 29.7 Å². The summed E-state index contributed by atoms with van der Waals surface area (Å²) < 4.78 is 12.8. The van der Waals surface area contributed by atoms with Crippen LogP contribution in [-0.2, 0) is 4.79 Å². The highest BCUT2D eigenvalue weighted by Gasteiger charge is 2.11. The van der Waals surface area contributed by atoms with Crippen molar-refractivity contribution in [2.75, 3.05) is 12.3 Å². The van der Waals surface area contributed by atoms with Crippen LogP contribution in [0.5, 0.6) is 0 Å². The van der Waals surface area contributed by atoms with Gasteiger partial charge in [0.1, 0.15) is 5.82 Å². The Morgan fingerprint density at radius 1 is 1.39 bits per heavy atom. The Hall–Kier alpha value is -2.11. The van der Waals surface area contributed by atoms with E-state index in [9.17, 15) is 14.0 Å². The zero-order valence-corrected chi connectivity index (χ0v) is 10.3. The molecule has 0 radical (unpaired) electrons. The van der Waals surface area contributed by atoms with E-state index in [4.69, 9.17) is 5.73 Å². The van der Waals surface area contributed by atoms with E-state index in [1.54, 1.807) is 0 Å². The Kier molecular flexibility index (Phi) is 4.65. The molecule has 1 aromatic rings. The van der Waals surface area contributed by atoms with E-state index in [0.29, 0.717) is 0 Å². The molecule has 0 unspecified atom stereocenters. The van der Waals surface area contributed by atoms with E-state index >= 15 is 0 Å². The summed E-state index contributed by atoms with van der Waals surface area (Å²) in [4.78, 5) is 23.0. The minimum Gasteiger partial charge on any atom is -0.398 e. The molecule has 0 saturated heterocycles. The zero-order valence-electron chi connectivity index (χ0n) is 10.3. The van der Waals surface area contributed by atoms with E-state index in [1.165, 1.54) is 6.07 Å². The Labute approximate surface area is 105 Å². The van der Waals surface area contributed by atoms with Gasteiger partial charge in [0.15, 0.2) is 0 Å². The lowest BCUT2D eigenvalue weighted by atomic mass is 10.1. The zero-order chi connectivity index (χ0) is 13.7. The first-order valence-corrected chi connectivity index (χ1v) is 5.52. The van der Waals surface area contributed by atoms with E-state index in [0.717, 1.165) is 12.1 Å². The highest BCUT2D eigenvalue weighted by Crippen LogP contribution is 2.12. The lowest BCUT2D eigenvalue weighted by Crippen LogP contribution is -2.39. The summed E-state index contributed by atoms with van der Waals surface area (Å²) >= 11 is 0. The van der Waals surface area contributed by atoms with Gasteiger partial charge < -0.3 is 16.4 Å². The number of nitrogens with two attached hydrogens (primary N) is 1. The standard InChI is InChI=1S/C12H16FN3O2/c1-7(2)16-11(17)6-15-12(18)9-4-3-8(13)5-10(9)14/h3-5,7H,6,14H2,1-2H3,(H,15,18)(H,16,17). The van der Waals surface area contributed by atoms with Gasteiger partial charge in [-0.2, -0.15) is 0 Å². The number of hydrogen-bond acceptors (Lipinski definition) is 3. The lowest BCUT2D eigenvalue weighted by molar-refractivity contribution is -0.120. The average molecular weight is 253 g/mol. The molecule has 4 N–H and O–H groups in total. The number of carbonyl (C=O) groups is 2. The van der Waals surface area contributed by atoms with Crippen molar-refractivity contribution in [1.82, 2.24) is 10.6 Å². The fourth-order valence-corrected chi connectivity index (χ4v) is 1.37. The summed E-state index contributed by atoms with van der Waals surface area (Å²) in [5.74, 6) is -1.31. The SMILES string of the molecule is CC(C)NC(=O)CNC(=O)c1ccc(F)cc1N. The third-order valence-corrected chi connectivity index (χ3v) is 2.12. The summed E-state index contributed by atoms with van der Waals surface area (Å²) in [5, 5.41) is 5.04. The Bertz CT molecular complexity index is 461. The second-order valence-corrected chi connectivity index (χ2v) is 4.14. The quantitative estimate of drug-likeness (QED) is 0.689. The van der Waals surface area contributed by atoms with Crippen LogP contribution in [0.3, 0.4) is 0 Å². The van der Waals surface area contributed by atoms with Crippen LogP contribution in [0.2, 0.25) is 0 Å². The third-order valence-electron chi connectivity index (χ3n) is 2.12. The molecule has 0 aromatic heterocycles. The molecular weight excluding hydrogens is 237 g/mol. The van der Waals surface area contributed by atoms with Gasteiger partial charge in [0.2, 0.25) is 5.91 Å². The monoisotopic (exact) mass is 253 g/mol. The van der Waals surface area contributed by atoms with Crippen molar-refractivity contribution in [1.29, 1.82) is 0 Å². The molecule has 0 saturated carbocycles. The molecule has 1 aromatic carbocycles. The maximum Gasteiger partial charge on any atom is 0.253 e. The molecule has 0 aliphatic heterocycles. The van der Waals surface area contributed by atoms with Crippen molar-refractivity contribution in [2.24, 2.45) is 0 Å². The Morgan fingerprint density at radius 3 is 2.61 bits per heavy atom. The highest BCUT2D eigenvalue weighted by atomic mass is 19.1. The van der Waals surface area contributed by atoms with Gasteiger partial charge in [-0.1, -0.05) is 0 Å². The van der Waals surface area contributed by atoms with Crippen molar-refractivity contribution in [3.8, 4) is 0 Å². The van der Waals surface area contributed by atoms with Crippen LogP contribution in [0.25, 0.3) is 0 Å². The van der Waals surface area contributed by atoms with Gasteiger partial charge in [0, 0.05) is 11.7 Å². The first-order valence-electron chi connectivity index (χ1n) is 5.52. The first kappa shape index (κ1) is 14.0. The van der Waals surface area contributed by atoms with Crippen LogP contribution in [0.4, 0.5) is 10.1 Å². The van der Waals surface area contributed by atoms with E-state index in [2.05, 4.69) is 10.6 Å². The normalized spacial score (nSPS) is 10.2. The van der Waals surface area contributed by atoms with Crippen LogP contribution in [-0.4, -0.2) is 24.4 Å². The van der Waals surface area contributed by atoms with Gasteiger partial charge in [-0.25, -0.2) is 4.39 Å². The van der Waals surface area contributed by atoms with Crippen LogP contribution in [0.15, 0.2) is 18.2 Å².